The van der Waals surface area contributed by atoms with E-state index in [-0.39, 0.29) is 12.2 Å². The van der Waals surface area contributed by atoms with Crippen LogP contribution in [-0.2, 0) is 16.1 Å². The van der Waals surface area contributed by atoms with Gasteiger partial charge in [0.25, 0.3) is 0 Å². The summed E-state index contributed by atoms with van der Waals surface area (Å²) >= 11 is 0. The van der Waals surface area contributed by atoms with Gasteiger partial charge in [0.05, 0.1) is 12.7 Å². The minimum Gasteiger partial charge on any atom is -0.496 e. The first-order valence-electron chi connectivity index (χ1n) is 7.87. The molecule has 136 valence electrons. The van der Waals surface area contributed by atoms with Crippen molar-refractivity contribution in [3.63, 3.8) is 0 Å². The highest BCUT2D eigenvalue weighted by atomic mass is 16.5. The number of methoxy groups -OCH3 is 1. The average molecular weight is 357 g/mol. The normalized spacial score (nSPS) is 11.3. The molecule has 0 aliphatic rings. The van der Waals surface area contributed by atoms with E-state index in [1.807, 2.05) is 6.07 Å². The van der Waals surface area contributed by atoms with Gasteiger partial charge in [0, 0.05) is 6.42 Å². The number of carbonyl (C=O) groups is 3. The van der Waals surface area contributed by atoms with Crippen molar-refractivity contribution in [3.05, 3.63) is 65.7 Å². The summed E-state index contributed by atoms with van der Waals surface area (Å²) in [5.74, 6) is -1.45. The van der Waals surface area contributed by atoms with Crippen molar-refractivity contribution < 1.29 is 29.0 Å². The summed E-state index contributed by atoms with van der Waals surface area (Å²) in [6.07, 6.45) is -1.33. The summed E-state index contributed by atoms with van der Waals surface area (Å²) in [7, 11) is 1.42. The summed E-state index contributed by atoms with van der Waals surface area (Å²) < 4.78 is 10.1. The molecule has 0 spiro atoms. The zero-order valence-electron chi connectivity index (χ0n) is 14.2. The fraction of sp³-hybridized carbons (Fsp3) is 0.211. The van der Waals surface area contributed by atoms with Crippen LogP contribution >= 0.6 is 0 Å². The number of carboxylic acid groups (broad SMARTS) is 1. The fourth-order valence-corrected chi connectivity index (χ4v) is 2.28. The second-order valence-corrected chi connectivity index (χ2v) is 5.42. The van der Waals surface area contributed by atoms with Gasteiger partial charge in [-0.1, -0.05) is 42.5 Å². The number of para-hydroxylation sites is 1. The highest BCUT2D eigenvalue weighted by molar-refractivity contribution is 6.01. The van der Waals surface area contributed by atoms with Crippen molar-refractivity contribution in [3.8, 4) is 5.75 Å². The number of amides is 1. The van der Waals surface area contributed by atoms with Crippen molar-refractivity contribution in [1.29, 1.82) is 0 Å². The molecule has 0 fully saturated rings. The molecule has 0 radical (unpaired) electrons. The predicted molar refractivity (Wildman–Crippen MR) is 93.1 cm³/mol. The number of ether oxygens (including phenoxy) is 2. The van der Waals surface area contributed by atoms with Crippen LogP contribution in [0.1, 0.15) is 22.3 Å². The lowest BCUT2D eigenvalue weighted by Gasteiger charge is -2.15. The summed E-state index contributed by atoms with van der Waals surface area (Å²) in [5, 5.41) is 11.5. The van der Waals surface area contributed by atoms with Crippen LogP contribution in [0.2, 0.25) is 0 Å². The first-order valence-corrected chi connectivity index (χ1v) is 7.87. The Morgan fingerprint density at radius 2 is 1.69 bits per heavy atom. The third-order valence-corrected chi connectivity index (χ3v) is 3.60. The van der Waals surface area contributed by atoms with Crippen LogP contribution in [0.4, 0.5) is 4.79 Å². The number of carboxylic acids is 1. The van der Waals surface area contributed by atoms with E-state index in [4.69, 9.17) is 9.47 Å². The molecule has 0 aliphatic heterocycles. The molecule has 7 nitrogen and oxygen atoms in total. The lowest BCUT2D eigenvalue weighted by Crippen LogP contribution is -2.42. The molecule has 26 heavy (non-hydrogen) atoms. The van der Waals surface area contributed by atoms with Gasteiger partial charge in [0.2, 0.25) is 0 Å². The Hall–Kier alpha value is -3.35. The van der Waals surface area contributed by atoms with Gasteiger partial charge in [0.15, 0.2) is 5.78 Å². The summed E-state index contributed by atoms with van der Waals surface area (Å²) in [4.78, 5) is 35.6. The van der Waals surface area contributed by atoms with Crippen molar-refractivity contribution in [2.45, 2.75) is 19.1 Å². The second-order valence-electron chi connectivity index (χ2n) is 5.42. The number of aliphatic carboxylic acids is 1. The molecule has 2 aromatic carbocycles. The number of nitrogens with one attached hydrogen (secondary N) is 1. The van der Waals surface area contributed by atoms with Crippen LogP contribution in [0.5, 0.6) is 5.75 Å². The standard InChI is InChI=1S/C19H19NO6/c1-25-17-10-6-5-9-14(17)16(21)11-15(18(22)23)20-19(24)26-12-13-7-3-2-4-8-13/h2-10,15H,11-12H2,1H3,(H,20,24)(H,22,23). The van der Waals surface area contributed by atoms with E-state index in [1.165, 1.54) is 13.2 Å². The van der Waals surface area contributed by atoms with E-state index in [0.717, 1.165) is 5.56 Å². The van der Waals surface area contributed by atoms with Gasteiger partial charge in [-0.2, -0.15) is 0 Å². The maximum absolute atomic E-state index is 12.4. The van der Waals surface area contributed by atoms with Gasteiger partial charge in [-0.3, -0.25) is 4.79 Å². The van der Waals surface area contributed by atoms with E-state index in [0.29, 0.717) is 5.75 Å². The lowest BCUT2D eigenvalue weighted by atomic mass is 10.0. The van der Waals surface area contributed by atoms with E-state index < -0.39 is 30.3 Å². The smallest absolute Gasteiger partial charge is 0.408 e. The van der Waals surface area contributed by atoms with Gasteiger partial charge in [-0.15, -0.1) is 0 Å². The Morgan fingerprint density at radius 3 is 2.35 bits per heavy atom. The van der Waals surface area contributed by atoms with E-state index >= 15 is 0 Å². The summed E-state index contributed by atoms with van der Waals surface area (Å²) in [6, 6.07) is 14.0. The molecule has 1 atom stereocenters. The largest absolute Gasteiger partial charge is 0.496 e. The molecular weight excluding hydrogens is 338 g/mol. The SMILES string of the molecule is COc1ccccc1C(=O)CC(NC(=O)OCc1ccccc1)C(=O)O. The average Bonchev–Trinajstić information content (AvgIpc) is 2.66. The van der Waals surface area contributed by atoms with E-state index in [1.54, 1.807) is 42.5 Å². The minimum absolute atomic E-state index is 0.000529. The minimum atomic E-state index is -1.41. The topological polar surface area (TPSA) is 102 Å². The van der Waals surface area contributed by atoms with Crippen LogP contribution in [0, 0.1) is 0 Å². The maximum Gasteiger partial charge on any atom is 0.408 e. The Kier molecular flexibility index (Phi) is 6.73. The van der Waals surface area contributed by atoms with Crippen LogP contribution in [-0.4, -0.2) is 36.1 Å². The van der Waals surface area contributed by atoms with Crippen molar-refractivity contribution >= 4 is 17.8 Å². The molecule has 0 saturated carbocycles. The molecule has 0 bridgehead atoms. The molecule has 2 rings (SSSR count). The Labute approximate surface area is 150 Å². The molecular formula is C19H19NO6. The summed E-state index contributed by atoms with van der Waals surface area (Å²) in [6.45, 7) is -0.000529. The molecule has 2 aromatic rings. The van der Waals surface area contributed by atoms with Crippen LogP contribution < -0.4 is 10.1 Å². The maximum atomic E-state index is 12.4. The molecule has 0 aromatic heterocycles. The molecule has 7 heteroatoms. The fourth-order valence-electron chi connectivity index (χ4n) is 2.28. The molecule has 0 aliphatic carbocycles. The molecule has 1 amide bonds. The number of benzene rings is 2. The highest BCUT2D eigenvalue weighted by Gasteiger charge is 2.25. The zero-order valence-corrected chi connectivity index (χ0v) is 14.2. The third kappa shape index (κ3) is 5.34. The van der Waals surface area contributed by atoms with Crippen LogP contribution in [0.25, 0.3) is 0 Å². The molecule has 1 unspecified atom stereocenters. The monoisotopic (exact) mass is 357 g/mol. The number of Topliss-reactive ketones (excluding diaryl/α,β-unsaturated/α-hetero) is 1. The zero-order chi connectivity index (χ0) is 18.9. The number of hydrogen-bond donors (Lipinski definition) is 2. The first kappa shape index (κ1) is 19.0. The number of carbonyl (C=O) groups excluding carboxylic acids is 2. The van der Waals surface area contributed by atoms with Gasteiger partial charge in [-0.25, -0.2) is 9.59 Å². The van der Waals surface area contributed by atoms with Crippen molar-refractivity contribution in [1.82, 2.24) is 5.32 Å². The van der Waals surface area contributed by atoms with Crippen LogP contribution in [0.3, 0.4) is 0 Å². The molecule has 0 heterocycles. The number of rotatable bonds is 8. The third-order valence-electron chi connectivity index (χ3n) is 3.60. The van der Waals surface area contributed by atoms with Gasteiger partial charge in [-0.05, 0) is 17.7 Å². The van der Waals surface area contributed by atoms with Gasteiger partial charge in [0.1, 0.15) is 18.4 Å². The Morgan fingerprint density at radius 1 is 1.04 bits per heavy atom. The number of alkyl carbamates (subject to hydrolysis) is 1. The first-order chi connectivity index (χ1) is 12.5. The van der Waals surface area contributed by atoms with Crippen molar-refractivity contribution in [2.75, 3.05) is 7.11 Å². The van der Waals surface area contributed by atoms with E-state index in [2.05, 4.69) is 5.32 Å². The molecule has 0 saturated heterocycles. The van der Waals surface area contributed by atoms with Crippen LogP contribution in [0.15, 0.2) is 54.6 Å². The van der Waals surface area contributed by atoms with Crippen molar-refractivity contribution in [2.24, 2.45) is 0 Å². The highest BCUT2D eigenvalue weighted by Crippen LogP contribution is 2.19. The number of hydrogen-bond acceptors (Lipinski definition) is 5. The second kappa shape index (κ2) is 9.22. The number of ketones is 1. The Bertz CT molecular complexity index is 775. The summed E-state index contributed by atoms with van der Waals surface area (Å²) in [5.41, 5.74) is 1.01. The quantitative estimate of drug-likeness (QED) is 0.704. The Balaban J connectivity index is 1.96. The predicted octanol–water partition coefficient (Wildman–Crippen LogP) is 2.65. The van der Waals surface area contributed by atoms with Gasteiger partial charge >= 0.3 is 12.1 Å². The van der Waals surface area contributed by atoms with Gasteiger partial charge < -0.3 is 19.9 Å². The lowest BCUT2D eigenvalue weighted by molar-refractivity contribution is -0.139. The van der Waals surface area contributed by atoms with E-state index in [9.17, 15) is 19.5 Å². The molecule has 2 N–H and O–H groups in total.